The number of ether oxygens (including phenoxy) is 1. The van der Waals surface area contributed by atoms with E-state index in [0.717, 1.165) is 0 Å². The fourth-order valence-electron chi connectivity index (χ4n) is 1.59. The van der Waals surface area contributed by atoms with E-state index in [1.54, 1.807) is 12.1 Å². The number of hydrogen-bond donors (Lipinski definition) is 3. The second-order valence-corrected chi connectivity index (χ2v) is 4.36. The molecule has 1 aromatic rings. The Kier molecular flexibility index (Phi) is 6.05. The average molecular weight is 297 g/mol. The number of nitrogens with one attached hydrogen (secondary N) is 1. The number of aliphatic carboxylic acids is 1. The molecule has 1 aromatic carbocycles. The number of carboxylic acids is 1. The number of thiol groups is 1. The van der Waals surface area contributed by atoms with Crippen molar-refractivity contribution < 1.29 is 24.2 Å². The molecule has 0 saturated carbocycles. The highest BCUT2D eigenvalue weighted by atomic mass is 32.1. The lowest BCUT2D eigenvalue weighted by Gasteiger charge is -2.14. The first-order valence-electron chi connectivity index (χ1n) is 5.83. The van der Waals surface area contributed by atoms with Gasteiger partial charge in [-0.05, 0) is 24.3 Å². The average Bonchev–Trinajstić information content (AvgIpc) is 2.45. The first kappa shape index (κ1) is 16.0. The van der Waals surface area contributed by atoms with E-state index in [0.29, 0.717) is 5.75 Å². The summed E-state index contributed by atoms with van der Waals surface area (Å²) >= 11 is 3.94. The molecule has 108 valence electrons. The van der Waals surface area contributed by atoms with Crippen LogP contribution in [0.2, 0.25) is 0 Å². The van der Waals surface area contributed by atoms with E-state index in [1.807, 2.05) is 0 Å². The van der Waals surface area contributed by atoms with Crippen LogP contribution in [0.1, 0.15) is 27.1 Å². The highest BCUT2D eigenvalue weighted by Crippen LogP contribution is 2.11. The summed E-state index contributed by atoms with van der Waals surface area (Å²) in [6, 6.07) is 4.99. The van der Waals surface area contributed by atoms with Gasteiger partial charge in [-0.25, -0.2) is 9.59 Å². The molecule has 0 aromatic heterocycles. The molecule has 1 atom stereocenters. The van der Waals surface area contributed by atoms with Crippen molar-refractivity contribution in [2.75, 3.05) is 12.9 Å². The summed E-state index contributed by atoms with van der Waals surface area (Å²) in [5, 5.41) is 11.3. The van der Waals surface area contributed by atoms with Gasteiger partial charge >= 0.3 is 11.9 Å². The summed E-state index contributed by atoms with van der Waals surface area (Å²) in [6.07, 6.45) is 0.185. The van der Waals surface area contributed by atoms with Crippen molar-refractivity contribution in [1.29, 1.82) is 0 Å². The molecule has 0 aliphatic rings. The lowest BCUT2D eigenvalue weighted by Crippen LogP contribution is -2.41. The van der Waals surface area contributed by atoms with Crippen molar-refractivity contribution in [3.63, 3.8) is 0 Å². The van der Waals surface area contributed by atoms with E-state index >= 15 is 0 Å². The maximum Gasteiger partial charge on any atom is 0.338 e. The highest BCUT2D eigenvalue weighted by molar-refractivity contribution is 7.80. The number of rotatable bonds is 6. The molecule has 2 N–H and O–H groups in total. The van der Waals surface area contributed by atoms with Crippen LogP contribution in [-0.2, 0) is 9.53 Å². The lowest BCUT2D eigenvalue weighted by molar-refractivity contribution is -0.139. The normalized spacial score (nSPS) is 11.5. The molecule has 0 heterocycles. The first-order valence-corrected chi connectivity index (χ1v) is 6.46. The Balaban J connectivity index is 2.97. The second kappa shape index (κ2) is 7.54. The molecule has 0 spiro atoms. The van der Waals surface area contributed by atoms with Crippen LogP contribution in [0.15, 0.2) is 24.3 Å². The smallest absolute Gasteiger partial charge is 0.338 e. The Bertz CT molecular complexity index is 517. The minimum absolute atomic E-state index is 0.0739. The third-order valence-electron chi connectivity index (χ3n) is 2.60. The number of amides is 1. The summed E-state index contributed by atoms with van der Waals surface area (Å²) in [7, 11) is 1.21. The zero-order chi connectivity index (χ0) is 15.1. The SMILES string of the molecule is COC(=O)c1ccccc1C(=O)N[C@@H](CCS)C(=O)O. The maximum absolute atomic E-state index is 12.1. The van der Waals surface area contributed by atoms with Crippen LogP contribution in [-0.4, -0.2) is 41.9 Å². The van der Waals surface area contributed by atoms with E-state index in [2.05, 4.69) is 22.7 Å². The summed E-state index contributed by atoms with van der Waals surface area (Å²) in [4.78, 5) is 34.6. The van der Waals surface area contributed by atoms with Crippen molar-refractivity contribution in [2.45, 2.75) is 12.5 Å². The molecule has 0 aliphatic heterocycles. The molecule has 0 saturated heterocycles. The van der Waals surface area contributed by atoms with Crippen molar-refractivity contribution in [3.8, 4) is 0 Å². The van der Waals surface area contributed by atoms with Gasteiger partial charge in [0.25, 0.3) is 5.91 Å². The first-order chi connectivity index (χ1) is 9.51. The standard InChI is InChI=1S/C13H15NO5S/c1-19-13(18)9-5-3-2-4-8(9)11(15)14-10(6-7-20)12(16)17/h2-5,10,20H,6-7H2,1H3,(H,14,15)(H,16,17)/t10-/m0/s1. The van der Waals surface area contributed by atoms with Crippen LogP contribution in [0.4, 0.5) is 0 Å². The quantitative estimate of drug-likeness (QED) is 0.537. The molecular formula is C13H15NO5S. The molecular weight excluding hydrogens is 282 g/mol. The van der Waals surface area contributed by atoms with Gasteiger partial charge in [0.15, 0.2) is 0 Å². The van der Waals surface area contributed by atoms with Crippen LogP contribution in [0.5, 0.6) is 0 Å². The third kappa shape index (κ3) is 3.99. The predicted octanol–water partition coefficient (Wildman–Crippen LogP) is 0.976. The molecule has 1 amide bonds. The largest absolute Gasteiger partial charge is 0.480 e. The van der Waals surface area contributed by atoms with E-state index in [4.69, 9.17) is 5.11 Å². The molecule has 7 heteroatoms. The summed E-state index contributed by atoms with van der Waals surface area (Å²) in [6.45, 7) is 0. The van der Waals surface area contributed by atoms with Gasteiger partial charge in [-0.1, -0.05) is 12.1 Å². The fraction of sp³-hybridized carbons (Fsp3) is 0.308. The monoisotopic (exact) mass is 297 g/mol. The Morgan fingerprint density at radius 1 is 1.30 bits per heavy atom. The van der Waals surface area contributed by atoms with E-state index in [-0.39, 0.29) is 17.5 Å². The number of carbonyl (C=O) groups is 3. The number of carbonyl (C=O) groups excluding carboxylic acids is 2. The number of hydrogen-bond acceptors (Lipinski definition) is 5. The number of methoxy groups -OCH3 is 1. The van der Waals surface area contributed by atoms with Gasteiger partial charge in [0.05, 0.1) is 18.2 Å². The number of benzene rings is 1. The van der Waals surface area contributed by atoms with Crippen molar-refractivity contribution in [1.82, 2.24) is 5.32 Å². The zero-order valence-corrected chi connectivity index (χ0v) is 11.7. The molecule has 0 aliphatic carbocycles. The minimum Gasteiger partial charge on any atom is -0.480 e. The molecule has 0 bridgehead atoms. The number of esters is 1. The summed E-state index contributed by atoms with van der Waals surface area (Å²) in [5.41, 5.74) is 0.160. The summed E-state index contributed by atoms with van der Waals surface area (Å²) < 4.78 is 4.58. The maximum atomic E-state index is 12.1. The topological polar surface area (TPSA) is 92.7 Å². The van der Waals surface area contributed by atoms with Crippen LogP contribution < -0.4 is 5.32 Å². The number of carboxylic acid groups (broad SMARTS) is 1. The van der Waals surface area contributed by atoms with Gasteiger partial charge in [0, 0.05) is 0 Å². The van der Waals surface area contributed by atoms with Gasteiger partial charge in [-0.3, -0.25) is 4.79 Å². The van der Waals surface area contributed by atoms with Crippen molar-refractivity contribution >= 4 is 30.5 Å². The van der Waals surface area contributed by atoms with E-state index in [1.165, 1.54) is 19.2 Å². The highest BCUT2D eigenvalue weighted by Gasteiger charge is 2.23. The molecule has 20 heavy (non-hydrogen) atoms. The van der Waals surface area contributed by atoms with Crippen molar-refractivity contribution in [3.05, 3.63) is 35.4 Å². The summed E-state index contributed by atoms with van der Waals surface area (Å²) in [5.74, 6) is -2.13. The van der Waals surface area contributed by atoms with E-state index < -0.39 is 23.9 Å². The van der Waals surface area contributed by atoms with Gasteiger partial charge < -0.3 is 15.2 Å². The zero-order valence-electron chi connectivity index (χ0n) is 10.8. The molecule has 6 nitrogen and oxygen atoms in total. The predicted molar refractivity (Wildman–Crippen MR) is 75.1 cm³/mol. The molecule has 0 radical (unpaired) electrons. The van der Waals surface area contributed by atoms with Crippen LogP contribution in [0.3, 0.4) is 0 Å². The Hall–Kier alpha value is -2.02. The lowest BCUT2D eigenvalue weighted by atomic mass is 10.1. The van der Waals surface area contributed by atoms with Gasteiger partial charge in [0.1, 0.15) is 6.04 Å². The fourth-order valence-corrected chi connectivity index (χ4v) is 1.85. The molecule has 0 unspecified atom stereocenters. The Labute approximate surface area is 121 Å². The van der Waals surface area contributed by atoms with Crippen LogP contribution in [0.25, 0.3) is 0 Å². The van der Waals surface area contributed by atoms with Crippen molar-refractivity contribution in [2.24, 2.45) is 0 Å². The molecule has 1 rings (SSSR count). The van der Waals surface area contributed by atoms with Gasteiger partial charge in [-0.15, -0.1) is 0 Å². The third-order valence-corrected chi connectivity index (χ3v) is 2.86. The second-order valence-electron chi connectivity index (χ2n) is 3.91. The minimum atomic E-state index is -1.15. The Morgan fingerprint density at radius 3 is 2.40 bits per heavy atom. The van der Waals surface area contributed by atoms with Gasteiger partial charge in [0.2, 0.25) is 0 Å². The van der Waals surface area contributed by atoms with E-state index in [9.17, 15) is 14.4 Å². The van der Waals surface area contributed by atoms with Gasteiger partial charge in [-0.2, -0.15) is 12.6 Å². The van der Waals surface area contributed by atoms with Crippen LogP contribution >= 0.6 is 12.6 Å². The molecule has 0 fully saturated rings. The Morgan fingerprint density at radius 2 is 1.90 bits per heavy atom. The van der Waals surface area contributed by atoms with Crippen LogP contribution in [0, 0.1) is 0 Å².